The van der Waals surface area contributed by atoms with Crippen LogP contribution in [0.5, 0.6) is 5.75 Å². The van der Waals surface area contributed by atoms with Gasteiger partial charge in [0.15, 0.2) is 5.75 Å². The van der Waals surface area contributed by atoms with Gasteiger partial charge in [-0.15, -0.1) is 0 Å². The molecule has 0 aliphatic carbocycles. The number of carbonyl (C=O) groups excluding carboxylic acids is 2. The molecular formula is C29H23NO6. The Morgan fingerprint density at radius 2 is 1.36 bits per heavy atom. The summed E-state index contributed by atoms with van der Waals surface area (Å²) in [5, 5.41) is 10.4. The number of carbonyl (C=O) groups is 3. The van der Waals surface area contributed by atoms with Crippen LogP contribution in [0.2, 0.25) is 0 Å². The highest BCUT2D eigenvalue weighted by Gasteiger charge is 2.34. The highest BCUT2D eigenvalue weighted by molar-refractivity contribution is 6.16. The smallest absolute Gasteiger partial charge is 0.340 e. The largest absolute Gasteiger partial charge is 0.478 e. The van der Waals surface area contributed by atoms with Crippen molar-refractivity contribution < 1.29 is 29.0 Å². The molecule has 0 unspecified atom stereocenters. The van der Waals surface area contributed by atoms with Crippen molar-refractivity contribution in [3.8, 4) is 39.1 Å². The third kappa shape index (κ3) is 4.72. The number of benzene rings is 3. The zero-order valence-electron chi connectivity index (χ0n) is 19.7. The normalized spacial score (nSPS) is 10.5. The fourth-order valence-electron chi connectivity index (χ4n) is 4.16. The molecule has 4 rings (SSSR count). The molecule has 36 heavy (non-hydrogen) atoms. The Bertz CT molecular complexity index is 1420. The van der Waals surface area contributed by atoms with Crippen LogP contribution < -0.4 is 4.74 Å². The highest BCUT2D eigenvalue weighted by Crippen LogP contribution is 2.49. The molecule has 3 aromatic carbocycles. The quantitative estimate of drug-likeness (QED) is 0.260. The average molecular weight is 482 g/mol. The Kier molecular flexibility index (Phi) is 7.20. The molecule has 0 saturated carbocycles. The van der Waals surface area contributed by atoms with Crippen LogP contribution in [0.15, 0.2) is 85.2 Å². The van der Waals surface area contributed by atoms with Crippen molar-refractivity contribution in [1.82, 2.24) is 4.98 Å². The summed E-state index contributed by atoms with van der Waals surface area (Å²) in [6.07, 6.45) is 3.09. The van der Waals surface area contributed by atoms with E-state index in [-0.39, 0.29) is 34.6 Å². The molecule has 0 aliphatic heterocycles. The topological polar surface area (TPSA) is 103 Å². The molecule has 4 aromatic rings. The van der Waals surface area contributed by atoms with E-state index in [0.29, 0.717) is 22.3 Å². The number of rotatable bonds is 7. The minimum Gasteiger partial charge on any atom is -0.478 e. The average Bonchev–Trinajstić information content (AvgIpc) is 2.89. The first kappa shape index (κ1) is 24.3. The predicted octanol–water partition coefficient (Wildman–Crippen LogP) is 5.88. The van der Waals surface area contributed by atoms with Crippen molar-refractivity contribution in [2.45, 2.75) is 13.8 Å². The molecule has 0 saturated heterocycles. The molecule has 0 fully saturated rings. The number of aromatic carboxylic acids is 1. The van der Waals surface area contributed by atoms with Crippen LogP contribution in [-0.2, 0) is 9.53 Å². The number of aromatic nitrogens is 1. The van der Waals surface area contributed by atoms with Crippen LogP contribution in [0.3, 0.4) is 0 Å². The van der Waals surface area contributed by atoms with Gasteiger partial charge in [0.05, 0.1) is 12.2 Å². The highest BCUT2D eigenvalue weighted by atomic mass is 16.5. The molecule has 1 heterocycles. The maximum atomic E-state index is 13.6. The summed E-state index contributed by atoms with van der Waals surface area (Å²) >= 11 is 0. The molecule has 0 radical (unpaired) electrons. The lowest BCUT2D eigenvalue weighted by Crippen LogP contribution is -2.17. The maximum Gasteiger partial charge on any atom is 0.340 e. The van der Waals surface area contributed by atoms with Crippen LogP contribution in [0.25, 0.3) is 33.4 Å². The van der Waals surface area contributed by atoms with Crippen LogP contribution >= 0.6 is 0 Å². The Morgan fingerprint density at radius 3 is 1.86 bits per heavy atom. The lowest BCUT2D eigenvalue weighted by molar-refractivity contribution is -0.131. The van der Waals surface area contributed by atoms with Crippen molar-refractivity contribution in [3.63, 3.8) is 0 Å². The molecule has 7 nitrogen and oxygen atoms in total. The van der Waals surface area contributed by atoms with E-state index in [1.165, 1.54) is 13.1 Å². The summed E-state index contributed by atoms with van der Waals surface area (Å²) in [7, 11) is 0. The molecule has 180 valence electrons. The van der Waals surface area contributed by atoms with E-state index in [1.54, 1.807) is 79.9 Å². The summed E-state index contributed by atoms with van der Waals surface area (Å²) in [4.78, 5) is 42.8. The summed E-state index contributed by atoms with van der Waals surface area (Å²) in [5.41, 5.74) is 2.01. The van der Waals surface area contributed by atoms with Crippen LogP contribution in [0.4, 0.5) is 0 Å². The minimum atomic E-state index is -1.36. The molecule has 0 atom stereocenters. The van der Waals surface area contributed by atoms with Gasteiger partial charge in [-0.2, -0.15) is 0 Å². The first-order chi connectivity index (χ1) is 17.4. The predicted molar refractivity (Wildman–Crippen MR) is 135 cm³/mol. The standard InChI is InChI=1S/C29H23NO6/c1-3-35-29(34)25-22(19-11-6-4-7-12-19)24(21-15-10-16-30-17-21)27(36-18(2)31)26(28(32)33)23(25)20-13-8-5-9-14-20/h4-17H,3H2,1-2H3,(H,32,33). The van der Waals surface area contributed by atoms with Gasteiger partial charge in [0.1, 0.15) is 5.56 Å². The number of nitrogens with zero attached hydrogens (tertiary/aromatic N) is 1. The number of carboxylic acids is 1. The van der Waals surface area contributed by atoms with E-state index in [0.717, 1.165) is 0 Å². The maximum absolute atomic E-state index is 13.6. The van der Waals surface area contributed by atoms with E-state index in [1.807, 2.05) is 6.07 Å². The molecule has 0 amide bonds. The third-order valence-electron chi connectivity index (χ3n) is 5.47. The van der Waals surface area contributed by atoms with Gasteiger partial charge in [0.2, 0.25) is 0 Å². The van der Waals surface area contributed by atoms with E-state index < -0.39 is 17.9 Å². The Labute approximate surface area is 208 Å². The summed E-state index contributed by atoms with van der Waals surface area (Å²) < 4.78 is 11.1. The van der Waals surface area contributed by atoms with Gasteiger partial charge in [0.25, 0.3) is 0 Å². The second-order valence-corrected chi connectivity index (χ2v) is 7.80. The lowest BCUT2D eigenvalue weighted by atomic mass is 9.82. The number of hydrogen-bond acceptors (Lipinski definition) is 6. The summed E-state index contributed by atoms with van der Waals surface area (Å²) in [6.45, 7) is 2.95. The van der Waals surface area contributed by atoms with Crippen molar-refractivity contribution in [2.24, 2.45) is 0 Å². The number of pyridine rings is 1. The molecule has 0 spiro atoms. The van der Waals surface area contributed by atoms with Crippen LogP contribution in [0.1, 0.15) is 34.6 Å². The van der Waals surface area contributed by atoms with Gasteiger partial charge >= 0.3 is 17.9 Å². The minimum absolute atomic E-state index is 0.0569. The van der Waals surface area contributed by atoms with Gasteiger partial charge in [-0.25, -0.2) is 9.59 Å². The lowest BCUT2D eigenvalue weighted by Gasteiger charge is -2.24. The molecular weight excluding hydrogens is 458 g/mol. The van der Waals surface area contributed by atoms with Gasteiger partial charge < -0.3 is 14.6 Å². The Balaban J connectivity index is 2.33. The van der Waals surface area contributed by atoms with E-state index in [4.69, 9.17) is 9.47 Å². The zero-order valence-corrected chi connectivity index (χ0v) is 19.7. The van der Waals surface area contributed by atoms with Crippen molar-refractivity contribution in [3.05, 3.63) is 96.3 Å². The Hall–Kier alpha value is -4.78. The molecule has 1 N–H and O–H groups in total. The number of esters is 2. The van der Waals surface area contributed by atoms with Gasteiger partial charge in [-0.3, -0.25) is 9.78 Å². The fourth-order valence-corrected chi connectivity index (χ4v) is 4.16. The first-order valence-electron chi connectivity index (χ1n) is 11.3. The molecule has 0 aliphatic rings. The van der Waals surface area contributed by atoms with E-state index in [2.05, 4.69) is 4.98 Å². The molecule has 1 aromatic heterocycles. The van der Waals surface area contributed by atoms with Crippen molar-refractivity contribution >= 4 is 17.9 Å². The van der Waals surface area contributed by atoms with Crippen LogP contribution in [0, 0.1) is 0 Å². The number of carboxylic acid groups (broad SMARTS) is 1. The number of hydrogen-bond donors (Lipinski definition) is 1. The van der Waals surface area contributed by atoms with Gasteiger partial charge in [-0.05, 0) is 24.1 Å². The van der Waals surface area contributed by atoms with Gasteiger partial charge in [-0.1, -0.05) is 66.7 Å². The second kappa shape index (κ2) is 10.7. The Morgan fingerprint density at radius 1 is 0.778 bits per heavy atom. The molecule has 0 bridgehead atoms. The van der Waals surface area contributed by atoms with Crippen molar-refractivity contribution in [1.29, 1.82) is 0 Å². The first-order valence-corrected chi connectivity index (χ1v) is 11.3. The van der Waals surface area contributed by atoms with E-state index in [9.17, 15) is 19.5 Å². The fraction of sp³-hybridized carbons (Fsp3) is 0.103. The van der Waals surface area contributed by atoms with Gasteiger partial charge in [0, 0.05) is 41.6 Å². The van der Waals surface area contributed by atoms with Crippen LogP contribution in [-0.4, -0.2) is 34.6 Å². The summed E-state index contributed by atoms with van der Waals surface area (Å²) in [6, 6.07) is 21.1. The zero-order chi connectivity index (χ0) is 25.7. The second-order valence-electron chi connectivity index (χ2n) is 7.80. The monoisotopic (exact) mass is 481 g/mol. The van der Waals surface area contributed by atoms with E-state index >= 15 is 0 Å². The third-order valence-corrected chi connectivity index (χ3v) is 5.47. The summed E-state index contributed by atoms with van der Waals surface area (Å²) in [5.74, 6) is -2.93. The van der Waals surface area contributed by atoms with Crippen molar-refractivity contribution in [2.75, 3.05) is 6.61 Å². The number of ether oxygens (including phenoxy) is 2. The molecule has 7 heteroatoms. The SMILES string of the molecule is CCOC(=O)c1c(-c2ccccc2)c(C(=O)O)c(OC(C)=O)c(-c2cccnc2)c1-c1ccccc1.